The van der Waals surface area contributed by atoms with Gasteiger partial charge in [0, 0.05) is 12.7 Å². The zero-order valence-corrected chi connectivity index (χ0v) is 11.9. The molecule has 1 heterocycles. The predicted molar refractivity (Wildman–Crippen MR) is 77.2 cm³/mol. The van der Waals surface area contributed by atoms with Crippen molar-refractivity contribution in [2.24, 2.45) is 7.05 Å². The number of nitrogens with zero attached hydrogens (tertiary/aromatic N) is 3. The minimum atomic E-state index is -0.0791. The van der Waals surface area contributed by atoms with Crippen LogP contribution in [0, 0.1) is 6.92 Å². The third-order valence-electron chi connectivity index (χ3n) is 3.00. The maximum atomic E-state index is 11.9. The van der Waals surface area contributed by atoms with Gasteiger partial charge in [-0.2, -0.15) is 0 Å². The number of hydrogen-bond acceptors (Lipinski definition) is 4. The summed E-state index contributed by atoms with van der Waals surface area (Å²) in [6.07, 6.45) is 1.64. The Labute approximate surface area is 118 Å². The van der Waals surface area contributed by atoms with Crippen LogP contribution in [0.3, 0.4) is 0 Å². The first-order chi connectivity index (χ1) is 9.56. The summed E-state index contributed by atoms with van der Waals surface area (Å²) in [6.45, 7) is 4.16. The van der Waals surface area contributed by atoms with Crippen LogP contribution in [0.25, 0.3) is 0 Å². The zero-order chi connectivity index (χ0) is 14.5. The van der Waals surface area contributed by atoms with Crippen LogP contribution in [0.15, 0.2) is 30.6 Å². The molecule has 2 aromatic rings. The quantitative estimate of drug-likeness (QED) is 0.864. The largest absolute Gasteiger partial charge is 0.325 e. The first-order valence-corrected chi connectivity index (χ1v) is 6.50. The number of benzene rings is 1. The fraction of sp³-hybridized carbons (Fsp3) is 0.357. The highest BCUT2D eigenvalue weighted by atomic mass is 16.1. The first-order valence-electron chi connectivity index (χ1n) is 6.50. The molecule has 0 bridgehead atoms. The van der Waals surface area contributed by atoms with E-state index < -0.39 is 0 Å². The van der Waals surface area contributed by atoms with E-state index >= 15 is 0 Å². The van der Waals surface area contributed by atoms with E-state index in [1.165, 1.54) is 0 Å². The molecular weight excluding hydrogens is 254 g/mol. The van der Waals surface area contributed by atoms with Crippen molar-refractivity contribution >= 4 is 11.6 Å². The molecule has 0 aliphatic heterocycles. The lowest BCUT2D eigenvalue weighted by Crippen LogP contribution is -2.31. The summed E-state index contributed by atoms with van der Waals surface area (Å²) in [6, 6.07) is 7.68. The molecule has 6 heteroatoms. The number of carbonyl (C=O) groups excluding carboxylic acids is 1. The number of nitrogens with one attached hydrogen (secondary N) is 2. The van der Waals surface area contributed by atoms with Crippen LogP contribution in [0.1, 0.15) is 24.4 Å². The Hall–Kier alpha value is -2.21. The van der Waals surface area contributed by atoms with Gasteiger partial charge in [0.2, 0.25) is 5.91 Å². The number of rotatable bonds is 5. The van der Waals surface area contributed by atoms with Gasteiger partial charge in [-0.15, -0.1) is 10.2 Å². The van der Waals surface area contributed by atoms with Crippen molar-refractivity contribution in [3.05, 3.63) is 42.0 Å². The Morgan fingerprint density at radius 3 is 2.90 bits per heavy atom. The standard InChI is InChI=1S/C14H19N5O/c1-10-5-4-6-12(7-10)17-13(20)8-15-11(2)14-18-16-9-19(14)3/h4-7,9,11,15H,8H2,1-3H3,(H,17,20). The number of carbonyl (C=O) groups is 1. The Morgan fingerprint density at radius 2 is 2.25 bits per heavy atom. The topological polar surface area (TPSA) is 71.8 Å². The van der Waals surface area contributed by atoms with Crippen molar-refractivity contribution in [3.8, 4) is 0 Å². The molecule has 2 N–H and O–H groups in total. The summed E-state index contributed by atoms with van der Waals surface area (Å²) in [4.78, 5) is 11.9. The van der Waals surface area contributed by atoms with Crippen LogP contribution in [0.4, 0.5) is 5.69 Å². The molecule has 0 spiro atoms. The lowest BCUT2D eigenvalue weighted by molar-refractivity contribution is -0.115. The molecule has 6 nitrogen and oxygen atoms in total. The van der Waals surface area contributed by atoms with Gasteiger partial charge in [-0.1, -0.05) is 12.1 Å². The highest BCUT2D eigenvalue weighted by Crippen LogP contribution is 2.10. The van der Waals surface area contributed by atoms with Gasteiger partial charge in [-0.25, -0.2) is 0 Å². The van der Waals surface area contributed by atoms with E-state index in [-0.39, 0.29) is 18.5 Å². The number of aryl methyl sites for hydroxylation is 2. The molecule has 1 aromatic carbocycles. The van der Waals surface area contributed by atoms with Gasteiger partial charge in [0.25, 0.3) is 0 Å². The first kappa shape index (κ1) is 14.2. The Bertz CT molecular complexity index is 593. The highest BCUT2D eigenvalue weighted by molar-refractivity contribution is 5.92. The van der Waals surface area contributed by atoms with Crippen LogP contribution in [-0.4, -0.2) is 27.2 Å². The normalized spacial score (nSPS) is 12.2. The van der Waals surface area contributed by atoms with Gasteiger partial charge in [0.1, 0.15) is 12.2 Å². The van der Waals surface area contributed by atoms with E-state index in [2.05, 4.69) is 20.8 Å². The van der Waals surface area contributed by atoms with Crippen LogP contribution in [-0.2, 0) is 11.8 Å². The van der Waals surface area contributed by atoms with Crippen molar-refractivity contribution < 1.29 is 4.79 Å². The third-order valence-corrected chi connectivity index (χ3v) is 3.00. The van der Waals surface area contributed by atoms with Gasteiger partial charge in [-0.05, 0) is 31.5 Å². The molecule has 1 aromatic heterocycles. The molecule has 0 aliphatic carbocycles. The Kier molecular flexibility index (Phi) is 4.47. The molecule has 1 unspecified atom stereocenters. The lowest BCUT2D eigenvalue weighted by atomic mass is 10.2. The highest BCUT2D eigenvalue weighted by Gasteiger charge is 2.12. The molecule has 0 saturated carbocycles. The van der Waals surface area contributed by atoms with Crippen LogP contribution in [0.2, 0.25) is 0 Å². The molecular formula is C14H19N5O. The summed E-state index contributed by atoms with van der Waals surface area (Å²) >= 11 is 0. The van der Waals surface area contributed by atoms with Crippen LogP contribution < -0.4 is 10.6 Å². The van der Waals surface area contributed by atoms with Gasteiger partial charge in [0.05, 0.1) is 12.6 Å². The molecule has 0 radical (unpaired) electrons. The fourth-order valence-electron chi connectivity index (χ4n) is 1.95. The summed E-state index contributed by atoms with van der Waals surface area (Å²) in [7, 11) is 1.88. The average molecular weight is 273 g/mol. The third kappa shape index (κ3) is 3.64. The van der Waals surface area contributed by atoms with Gasteiger partial charge < -0.3 is 9.88 Å². The van der Waals surface area contributed by atoms with Crippen molar-refractivity contribution in [2.45, 2.75) is 19.9 Å². The maximum absolute atomic E-state index is 11.9. The van der Waals surface area contributed by atoms with Crippen molar-refractivity contribution in [3.63, 3.8) is 0 Å². The molecule has 0 fully saturated rings. The fourth-order valence-corrected chi connectivity index (χ4v) is 1.95. The number of anilines is 1. The number of amides is 1. The van der Waals surface area contributed by atoms with E-state index in [9.17, 15) is 4.79 Å². The van der Waals surface area contributed by atoms with Gasteiger partial charge >= 0.3 is 0 Å². The molecule has 1 amide bonds. The molecule has 106 valence electrons. The van der Waals surface area contributed by atoms with E-state index in [0.29, 0.717) is 0 Å². The average Bonchev–Trinajstić information content (AvgIpc) is 2.82. The maximum Gasteiger partial charge on any atom is 0.238 e. The molecule has 2 rings (SSSR count). The van der Waals surface area contributed by atoms with Gasteiger partial charge in [0.15, 0.2) is 0 Å². The minimum Gasteiger partial charge on any atom is -0.325 e. The second-order valence-electron chi connectivity index (χ2n) is 4.82. The zero-order valence-electron chi connectivity index (χ0n) is 11.9. The smallest absolute Gasteiger partial charge is 0.238 e. The predicted octanol–water partition coefficient (Wildman–Crippen LogP) is 1.41. The summed E-state index contributed by atoms with van der Waals surface area (Å²) < 4.78 is 1.83. The molecule has 1 atom stereocenters. The van der Waals surface area contributed by atoms with Gasteiger partial charge in [-0.3, -0.25) is 10.1 Å². The lowest BCUT2D eigenvalue weighted by Gasteiger charge is -2.13. The van der Waals surface area contributed by atoms with Crippen molar-refractivity contribution in [2.75, 3.05) is 11.9 Å². The Balaban J connectivity index is 1.85. The van der Waals surface area contributed by atoms with Crippen molar-refractivity contribution in [1.82, 2.24) is 20.1 Å². The second-order valence-corrected chi connectivity index (χ2v) is 4.82. The Morgan fingerprint density at radius 1 is 1.45 bits per heavy atom. The summed E-state index contributed by atoms with van der Waals surface area (Å²) in [5.41, 5.74) is 1.92. The number of aromatic nitrogens is 3. The van der Waals surface area contributed by atoms with Crippen molar-refractivity contribution in [1.29, 1.82) is 0 Å². The summed E-state index contributed by atoms with van der Waals surface area (Å²) in [5, 5.41) is 13.8. The number of hydrogen-bond donors (Lipinski definition) is 2. The summed E-state index contributed by atoms with van der Waals surface area (Å²) in [5.74, 6) is 0.720. The van der Waals surface area contributed by atoms with E-state index in [0.717, 1.165) is 17.1 Å². The monoisotopic (exact) mass is 273 g/mol. The SMILES string of the molecule is Cc1cccc(NC(=O)CNC(C)c2nncn2C)c1. The molecule has 20 heavy (non-hydrogen) atoms. The minimum absolute atomic E-state index is 0.0363. The van der Waals surface area contributed by atoms with E-state index in [1.54, 1.807) is 6.33 Å². The van der Waals surface area contributed by atoms with Crippen LogP contribution >= 0.6 is 0 Å². The second kappa shape index (κ2) is 6.29. The molecule has 0 saturated heterocycles. The van der Waals surface area contributed by atoms with E-state index in [1.807, 2.05) is 49.7 Å². The van der Waals surface area contributed by atoms with Crippen LogP contribution in [0.5, 0.6) is 0 Å². The molecule has 0 aliphatic rings. The van der Waals surface area contributed by atoms with E-state index in [4.69, 9.17) is 0 Å².